The second-order valence-corrected chi connectivity index (χ2v) is 19.7. The van der Waals surface area contributed by atoms with E-state index in [0.29, 0.717) is 12.8 Å². The van der Waals surface area contributed by atoms with Crippen molar-refractivity contribution in [3.63, 3.8) is 0 Å². The zero-order valence-corrected chi connectivity index (χ0v) is 43.8. The Balaban J connectivity index is 3.43. The molecule has 0 spiro atoms. The van der Waals surface area contributed by atoms with Gasteiger partial charge in [0, 0.05) is 6.42 Å². The number of carbonyl (C=O) groups is 1. The normalized spacial score (nSPS) is 13.2. The topological polar surface area (TPSA) is 69.6 Å². The number of hydrogen-bond donors (Lipinski definition) is 3. The summed E-state index contributed by atoms with van der Waals surface area (Å²) in [7, 11) is 0. The number of unbranched alkanes of at least 4 members (excludes halogenated alkanes) is 36. The molecule has 0 aliphatic heterocycles. The second-order valence-electron chi connectivity index (χ2n) is 19.7. The van der Waals surface area contributed by atoms with Gasteiger partial charge < -0.3 is 15.5 Å². The van der Waals surface area contributed by atoms with Crippen LogP contribution in [0.4, 0.5) is 0 Å². The van der Waals surface area contributed by atoms with Crippen LogP contribution in [-0.4, -0.2) is 34.9 Å². The molecule has 4 heteroatoms. The lowest BCUT2D eigenvalue weighted by Crippen LogP contribution is -2.45. The van der Waals surface area contributed by atoms with Gasteiger partial charge in [0.1, 0.15) is 0 Å². The third-order valence-electron chi connectivity index (χ3n) is 13.3. The number of rotatable bonds is 53. The molecule has 0 saturated heterocycles. The maximum Gasteiger partial charge on any atom is 0.220 e. The summed E-state index contributed by atoms with van der Waals surface area (Å²) in [6, 6.07) is -0.537. The van der Waals surface area contributed by atoms with E-state index in [1.54, 1.807) is 0 Å². The lowest BCUT2D eigenvalue weighted by atomic mass is 10.0. The number of carbonyl (C=O) groups excluding carboxylic acids is 1. The molecule has 65 heavy (non-hydrogen) atoms. The Morgan fingerprint density at radius 3 is 1.02 bits per heavy atom. The molecule has 2 atom stereocenters. The molecule has 0 bridgehead atoms. The number of allylic oxidation sites excluding steroid dienone is 10. The van der Waals surface area contributed by atoms with Crippen LogP contribution < -0.4 is 5.32 Å². The van der Waals surface area contributed by atoms with Gasteiger partial charge in [-0.05, 0) is 57.8 Å². The largest absolute Gasteiger partial charge is 0.394 e. The molecule has 0 heterocycles. The van der Waals surface area contributed by atoms with Gasteiger partial charge in [-0.1, -0.05) is 299 Å². The molecule has 3 N–H and O–H groups in total. The quantitative estimate of drug-likeness (QED) is 0.0421. The number of hydrogen-bond acceptors (Lipinski definition) is 3. The average molecular weight is 909 g/mol. The Kier molecular flexibility index (Phi) is 54.8. The molecular formula is C61H113NO3. The molecule has 0 aromatic heterocycles. The van der Waals surface area contributed by atoms with E-state index in [9.17, 15) is 15.0 Å². The van der Waals surface area contributed by atoms with Gasteiger partial charge in [0.05, 0.1) is 18.8 Å². The Bertz CT molecular complexity index is 1070. The van der Waals surface area contributed by atoms with E-state index in [1.165, 1.54) is 218 Å². The van der Waals surface area contributed by atoms with Crippen LogP contribution in [0.15, 0.2) is 60.8 Å². The van der Waals surface area contributed by atoms with Gasteiger partial charge in [-0.3, -0.25) is 4.79 Å². The highest BCUT2D eigenvalue weighted by molar-refractivity contribution is 5.76. The van der Waals surface area contributed by atoms with Crippen molar-refractivity contribution in [2.45, 2.75) is 315 Å². The predicted octanol–water partition coefficient (Wildman–Crippen LogP) is 19.2. The van der Waals surface area contributed by atoms with E-state index in [0.717, 1.165) is 57.8 Å². The Labute approximate surface area is 406 Å². The van der Waals surface area contributed by atoms with Crippen LogP contribution >= 0.6 is 0 Å². The first-order valence-electron chi connectivity index (χ1n) is 29.0. The van der Waals surface area contributed by atoms with Crippen LogP contribution in [0.25, 0.3) is 0 Å². The minimum absolute atomic E-state index is 0.0275. The van der Waals surface area contributed by atoms with Crippen molar-refractivity contribution in [2.75, 3.05) is 6.61 Å². The Morgan fingerprint density at radius 2 is 0.677 bits per heavy atom. The van der Waals surface area contributed by atoms with Gasteiger partial charge in [-0.2, -0.15) is 0 Å². The monoisotopic (exact) mass is 908 g/mol. The number of amides is 1. The van der Waals surface area contributed by atoms with Crippen LogP contribution in [0.2, 0.25) is 0 Å². The van der Waals surface area contributed by atoms with Crippen LogP contribution in [-0.2, 0) is 4.79 Å². The van der Waals surface area contributed by atoms with Gasteiger partial charge in [0.25, 0.3) is 0 Å². The van der Waals surface area contributed by atoms with Crippen molar-refractivity contribution < 1.29 is 15.0 Å². The van der Waals surface area contributed by atoms with Crippen LogP contribution in [0.1, 0.15) is 303 Å². The maximum atomic E-state index is 12.5. The summed E-state index contributed by atoms with van der Waals surface area (Å²) in [5, 5.41) is 23.3. The molecule has 0 radical (unpaired) electrons. The molecule has 1 amide bonds. The summed E-state index contributed by atoms with van der Waals surface area (Å²) in [6.07, 6.45) is 79.3. The van der Waals surface area contributed by atoms with Crippen molar-refractivity contribution in [1.29, 1.82) is 0 Å². The van der Waals surface area contributed by atoms with Gasteiger partial charge in [-0.15, -0.1) is 0 Å². The highest BCUT2D eigenvalue weighted by Crippen LogP contribution is 2.18. The third-order valence-corrected chi connectivity index (χ3v) is 13.3. The number of aliphatic hydroxyl groups excluding tert-OH is 2. The fraction of sp³-hybridized carbons (Fsp3) is 0.820. The molecule has 2 unspecified atom stereocenters. The van der Waals surface area contributed by atoms with E-state index in [4.69, 9.17) is 0 Å². The first kappa shape index (κ1) is 63.1. The molecule has 380 valence electrons. The number of aliphatic hydroxyl groups is 2. The SMILES string of the molecule is CC/C=C\C/C=C\C/C=C\C/C=C\C/C=C\CCCCCCCCCCCCCCCCCCCCCC(=O)NC(CO)C(O)CCCCCCCCCCCCCCCCCCCC. The predicted molar refractivity (Wildman–Crippen MR) is 290 cm³/mol. The Hall–Kier alpha value is -1.91. The van der Waals surface area contributed by atoms with E-state index in [1.807, 2.05) is 0 Å². The third kappa shape index (κ3) is 52.9. The highest BCUT2D eigenvalue weighted by atomic mass is 16.3. The lowest BCUT2D eigenvalue weighted by molar-refractivity contribution is -0.123. The first-order valence-corrected chi connectivity index (χ1v) is 29.0. The zero-order chi connectivity index (χ0) is 47.0. The summed E-state index contributed by atoms with van der Waals surface area (Å²) < 4.78 is 0. The zero-order valence-electron chi connectivity index (χ0n) is 43.8. The molecule has 0 saturated carbocycles. The van der Waals surface area contributed by atoms with Gasteiger partial charge in [0.2, 0.25) is 5.91 Å². The van der Waals surface area contributed by atoms with E-state index >= 15 is 0 Å². The van der Waals surface area contributed by atoms with Gasteiger partial charge in [0.15, 0.2) is 0 Å². The van der Waals surface area contributed by atoms with Crippen molar-refractivity contribution in [3.8, 4) is 0 Å². The minimum atomic E-state index is -0.660. The molecule has 0 fully saturated rings. The summed E-state index contributed by atoms with van der Waals surface area (Å²) in [5.41, 5.74) is 0. The molecular weight excluding hydrogens is 795 g/mol. The standard InChI is InChI=1S/C61H113NO3/c1-3-5-7-9-11-13-15-17-19-21-23-24-25-26-27-28-29-30-31-32-33-34-35-36-37-38-39-41-43-45-47-49-51-53-55-57-61(65)62-59(58-63)60(64)56-54-52-50-48-46-44-42-40-22-20-18-16-14-12-10-8-6-4-2/h5,7,11,13,17,19,23-24,26-27,59-60,63-64H,3-4,6,8-10,12,14-16,18,20-22,25,28-58H2,1-2H3,(H,62,65)/b7-5-,13-11-,19-17-,24-23-,27-26-. The Morgan fingerprint density at radius 1 is 0.385 bits per heavy atom. The molecule has 4 nitrogen and oxygen atoms in total. The second kappa shape index (κ2) is 56.4. The van der Waals surface area contributed by atoms with E-state index < -0.39 is 12.1 Å². The van der Waals surface area contributed by atoms with Gasteiger partial charge >= 0.3 is 0 Å². The summed E-state index contributed by atoms with van der Waals surface area (Å²) in [4.78, 5) is 12.5. The summed E-state index contributed by atoms with van der Waals surface area (Å²) in [5.74, 6) is -0.0275. The fourth-order valence-electron chi connectivity index (χ4n) is 8.92. The molecule has 0 aromatic rings. The minimum Gasteiger partial charge on any atom is -0.394 e. The van der Waals surface area contributed by atoms with Crippen molar-refractivity contribution in [2.24, 2.45) is 0 Å². The van der Waals surface area contributed by atoms with Crippen LogP contribution in [0.3, 0.4) is 0 Å². The van der Waals surface area contributed by atoms with E-state index in [2.05, 4.69) is 79.9 Å². The van der Waals surface area contributed by atoms with Crippen molar-refractivity contribution in [3.05, 3.63) is 60.8 Å². The highest BCUT2D eigenvalue weighted by Gasteiger charge is 2.20. The van der Waals surface area contributed by atoms with Gasteiger partial charge in [-0.25, -0.2) is 0 Å². The first-order chi connectivity index (χ1) is 32.2. The molecule has 0 aliphatic carbocycles. The number of nitrogens with one attached hydrogen (secondary N) is 1. The van der Waals surface area contributed by atoms with Crippen LogP contribution in [0, 0.1) is 0 Å². The fourth-order valence-corrected chi connectivity index (χ4v) is 8.92. The van der Waals surface area contributed by atoms with E-state index in [-0.39, 0.29) is 12.5 Å². The molecule has 0 aliphatic rings. The lowest BCUT2D eigenvalue weighted by Gasteiger charge is -2.22. The molecule has 0 rings (SSSR count). The van der Waals surface area contributed by atoms with Crippen molar-refractivity contribution in [1.82, 2.24) is 5.32 Å². The average Bonchev–Trinajstić information content (AvgIpc) is 3.31. The maximum absolute atomic E-state index is 12.5. The smallest absolute Gasteiger partial charge is 0.220 e. The van der Waals surface area contributed by atoms with Crippen molar-refractivity contribution >= 4 is 5.91 Å². The summed E-state index contributed by atoms with van der Waals surface area (Å²) in [6.45, 7) is 4.27. The summed E-state index contributed by atoms with van der Waals surface area (Å²) >= 11 is 0. The van der Waals surface area contributed by atoms with Crippen LogP contribution in [0.5, 0.6) is 0 Å². The molecule has 0 aromatic carbocycles.